The minimum atomic E-state index is 0. The molecular formula is C20H32OPb. The molecule has 0 fully saturated rings. The first-order valence-corrected chi connectivity index (χ1v) is 7.87. The van der Waals surface area contributed by atoms with Crippen LogP contribution in [0.5, 0.6) is 0 Å². The molecule has 122 valence electrons. The van der Waals surface area contributed by atoms with Gasteiger partial charge < -0.3 is 5.11 Å². The molecule has 0 aromatic heterocycles. The molecule has 0 bridgehead atoms. The fourth-order valence-corrected chi connectivity index (χ4v) is 2.84. The van der Waals surface area contributed by atoms with E-state index in [1.165, 1.54) is 36.0 Å². The van der Waals surface area contributed by atoms with Crippen molar-refractivity contribution in [2.24, 2.45) is 5.41 Å². The van der Waals surface area contributed by atoms with Gasteiger partial charge in [0.15, 0.2) is 0 Å². The molecule has 2 radical (unpaired) electrons. The summed E-state index contributed by atoms with van der Waals surface area (Å²) in [6.45, 7) is 11.2. The molecule has 0 aliphatic heterocycles. The summed E-state index contributed by atoms with van der Waals surface area (Å²) in [5, 5.41) is 8.81. The number of allylic oxidation sites excluding steroid dienone is 9. The van der Waals surface area contributed by atoms with E-state index in [4.69, 9.17) is 5.11 Å². The van der Waals surface area contributed by atoms with Crippen LogP contribution in [-0.4, -0.2) is 39.0 Å². The molecule has 2 heteroatoms. The Hall–Kier alpha value is -0.418. The molecule has 0 amide bonds. The Labute approximate surface area is 156 Å². The second-order valence-electron chi connectivity index (χ2n) is 6.67. The van der Waals surface area contributed by atoms with E-state index in [9.17, 15) is 0 Å². The van der Waals surface area contributed by atoms with Crippen molar-refractivity contribution in [1.82, 2.24) is 0 Å². The van der Waals surface area contributed by atoms with Crippen LogP contribution in [0.2, 0.25) is 0 Å². The Morgan fingerprint density at radius 1 is 1.18 bits per heavy atom. The van der Waals surface area contributed by atoms with Crippen LogP contribution in [0.4, 0.5) is 0 Å². The van der Waals surface area contributed by atoms with Crippen molar-refractivity contribution in [2.75, 3.05) is 6.61 Å². The molecule has 1 rings (SSSR count). The van der Waals surface area contributed by atoms with E-state index < -0.39 is 0 Å². The summed E-state index contributed by atoms with van der Waals surface area (Å²) in [5.74, 6) is 0. The maximum atomic E-state index is 8.81. The van der Waals surface area contributed by atoms with Crippen molar-refractivity contribution in [2.45, 2.75) is 53.9 Å². The van der Waals surface area contributed by atoms with Gasteiger partial charge in [-0.1, -0.05) is 67.0 Å². The van der Waals surface area contributed by atoms with Crippen molar-refractivity contribution < 1.29 is 5.11 Å². The molecular weight excluding hydrogens is 463 g/mol. The molecule has 0 heterocycles. The third kappa shape index (κ3) is 7.23. The second-order valence-corrected chi connectivity index (χ2v) is 6.67. The van der Waals surface area contributed by atoms with E-state index in [-0.39, 0.29) is 33.9 Å². The molecule has 1 N–H and O–H groups in total. The van der Waals surface area contributed by atoms with Gasteiger partial charge in [-0.25, -0.2) is 0 Å². The van der Waals surface area contributed by atoms with Gasteiger partial charge in [-0.15, -0.1) is 0 Å². The number of rotatable bonds is 5. The Kier molecular flexibility index (Phi) is 10.2. The third-order valence-electron chi connectivity index (χ3n) is 4.19. The van der Waals surface area contributed by atoms with Gasteiger partial charge in [0.05, 0.1) is 6.61 Å². The summed E-state index contributed by atoms with van der Waals surface area (Å²) in [5.41, 5.74) is 5.66. The number of hydrogen-bond acceptors (Lipinski definition) is 1. The van der Waals surface area contributed by atoms with Crippen molar-refractivity contribution in [1.29, 1.82) is 0 Å². The Balaban J connectivity index is 0.00000441. The molecule has 0 aromatic rings. The Bertz CT molecular complexity index is 502. The molecule has 0 aromatic carbocycles. The van der Waals surface area contributed by atoms with Crippen LogP contribution in [0, 0.1) is 5.41 Å². The summed E-state index contributed by atoms with van der Waals surface area (Å²) in [6, 6.07) is 0. The second kappa shape index (κ2) is 10.4. The number of aliphatic hydroxyl groups is 1. The average Bonchev–Trinajstić information content (AvgIpc) is 2.37. The van der Waals surface area contributed by atoms with Gasteiger partial charge in [0.2, 0.25) is 0 Å². The molecule has 0 atom stereocenters. The van der Waals surface area contributed by atoms with Crippen LogP contribution in [-0.2, 0) is 0 Å². The van der Waals surface area contributed by atoms with Crippen molar-refractivity contribution >= 4 is 27.3 Å². The SMILES string of the molecule is CC1=C(/C=C/C(C)=C/C=C/C(C)=C/CO)C(C)(C)CCC1.[PbH2]. The summed E-state index contributed by atoms with van der Waals surface area (Å²) in [6.07, 6.45) is 16.3. The molecule has 1 aliphatic carbocycles. The first-order chi connectivity index (χ1) is 9.86. The number of aliphatic hydroxyl groups excluding tert-OH is 1. The minimum absolute atomic E-state index is 0. The topological polar surface area (TPSA) is 20.2 Å². The van der Waals surface area contributed by atoms with Crippen LogP contribution in [0.25, 0.3) is 0 Å². The zero-order valence-corrected chi connectivity index (χ0v) is 20.4. The van der Waals surface area contributed by atoms with E-state index in [0.717, 1.165) is 5.57 Å². The van der Waals surface area contributed by atoms with Gasteiger partial charge in [-0.05, 0) is 51.0 Å². The van der Waals surface area contributed by atoms with Gasteiger partial charge in [-0.3, -0.25) is 0 Å². The number of hydrogen-bond donors (Lipinski definition) is 1. The predicted octanol–water partition coefficient (Wildman–Crippen LogP) is 4.59. The fraction of sp³-hybridized carbons (Fsp3) is 0.500. The van der Waals surface area contributed by atoms with E-state index in [0.29, 0.717) is 5.41 Å². The molecule has 1 aliphatic rings. The fourth-order valence-electron chi connectivity index (χ4n) is 2.84. The summed E-state index contributed by atoms with van der Waals surface area (Å²) in [4.78, 5) is 0. The van der Waals surface area contributed by atoms with Crippen molar-refractivity contribution in [3.05, 3.63) is 58.7 Å². The Morgan fingerprint density at radius 3 is 2.45 bits per heavy atom. The van der Waals surface area contributed by atoms with E-state index in [1.807, 2.05) is 19.1 Å². The van der Waals surface area contributed by atoms with Crippen LogP contribution in [0.15, 0.2) is 58.7 Å². The predicted molar refractivity (Wildman–Crippen MR) is 102 cm³/mol. The molecule has 0 unspecified atom stereocenters. The normalized spacial score (nSPS) is 19.9. The van der Waals surface area contributed by atoms with Crippen molar-refractivity contribution in [3.8, 4) is 0 Å². The zero-order valence-electron chi connectivity index (χ0n) is 14.9. The molecule has 0 saturated carbocycles. The monoisotopic (exact) mass is 496 g/mol. The standard InChI is InChI=1S/C20H30O.Pb.2H/c1-16(8-6-9-17(2)13-15-21)11-12-19-18(3)10-7-14-20(19,4)5;;;/h6,8-9,11-13,21H,7,10,14-15H2,1-5H3;;;/b9-6+,12-11+,16-8+,17-13+;;;. The molecule has 1 nitrogen and oxygen atoms in total. The van der Waals surface area contributed by atoms with Crippen LogP contribution < -0.4 is 0 Å². The molecule has 0 saturated heterocycles. The van der Waals surface area contributed by atoms with Gasteiger partial charge in [0.25, 0.3) is 0 Å². The zero-order chi connectivity index (χ0) is 15.9. The maximum absolute atomic E-state index is 8.81. The quantitative estimate of drug-likeness (QED) is 0.437. The first-order valence-electron chi connectivity index (χ1n) is 7.87. The van der Waals surface area contributed by atoms with E-state index in [1.54, 1.807) is 6.08 Å². The third-order valence-corrected chi connectivity index (χ3v) is 4.19. The Morgan fingerprint density at radius 2 is 1.86 bits per heavy atom. The summed E-state index contributed by atoms with van der Waals surface area (Å²) < 4.78 is 0. The first kappa shape index (κ1) is 21.6. The molecule has 22 heavy (non-hydrogen) atoms. The van der Waals surface area contributed by atoms with Crippen molar-refractivity contribution in [3.63, 3.8) is 0 Å². The average molecular weight is 496 g/mol. The molecule has 0 spiro atoms. The van der Waals surface area contributed by atoms with Crippen LogP contribution >= 0.6 is 0 Å². The van der Waals surface area contributed by atoms with E-state index >= 15 is 0 Å². The summed E-state index contributed by atoms with van der Waals surface area (Å²) >= 11 is 0. The van der Waals surface area contributed by atoms with Gasteiger partial charge >= 0.3 is 27.3 Å². The van der Waals surface area contributed by atoms with Crippen LogP contribution in [0.3, 0.4) is 0 Å². The van der Waals surface area contributed by atoms with Gasteiger partial charge in [-0.2, -0.15) is 0 Å². The summed E-state index contributed by atoms with van der Waals surface area (Å²) in [7, 11) is 0. The van der Waals surface area contributed by atoms with Crippen LogP contribution in [0.1, 0.15) is 53.9 Å². The van der Waals surface area contributed by atoms with E-state index in [2.05, 4.69) is 45.9 Å². The van der Waals surface area contributed by atoms with Gasteiger partial charge in [0.1, 0.15) is 0 Å². The van der Waals surface area contributed by atoms with Gasteiger partial charge in [0, 0.05) is 0 Å².